The minimum atomic E-state index is -0.320. The Balaban J connectivity index is 1.81. The number of hydrogen-bond donors (Lipinski definition) is 1. The summed E-state index contributed by atoms with van der Waals surface area (Å²) < 4.78 is 6.49. The second-order valence-electron chi connectivity index (χ2n) is 4.93. The lowest BCUT2D eigenvalue weighted by Crippen LogP contribution is -2.27. The molecule has 0 atom stereocenters. The van der Waals surface area contributed by atoms with Gasteiger partial charge in [0.25, 0.3) is 11.5 Å². The van der Waals surface area contributed by atoms with E-state index in [4.69, 9.17) is 10.8 Å². The van der Waals surface area contributed by atoms with Crippen LogP contribution >= 0.6 is 11.3 Å². The van der Waals surface area contributed by atoms with Crippen LogP contribution in [0, 0.1) is 12.3 Å². The molecule has 24 heavy (non-hydrogen) atoms. The number of aromatic nitrogens is 2. The summed E-state index contributed by atoms with van der Waals surface area (Å²) in [5, 5.41) is 5.26. The van der Waals surface area contributed by atoms with E-state index in [0.29, 0.717) is 5.56 Å². The van der Waals surface area contributed by atoms with Crippen molar-refractivity contribution < 1.29 is 9.21 Å². The molecule has 0 aliphatic heterocycles. The number of hydrogen-bond acceptors (Lipinski definition) is 5. The van der Waals surface area contributed by atoms with Crippen LogP contribution in [0.3, 0.4) is 0 Å². The van der Waals surface area contributed by atoms with Crippen LogP contribution in [0.4, 0.5) is 0 Å². The fourth-order valence-corrected chi connectivity index (χ4v) is 2.89. The van der Waals surface area contributed by atoms with E-state index in [9.17, 15) is 9.59 Å². The number of terminal acetylenes is 1. The highest BCUT2D eigenvalue weighted by molar-refractivity contribution is 7.13. The van der Waals surface area contributed by atoms with Crippen LogP contribution in [0.1, 0.15) is 16.1 Å². The highest BCUT2D eigenvalue weighted by Gasteiger charge is 2.10. The molecule has 0 aliphatic rings. The number of carbonyl (C=O) groups is 1. The molecule has 3 heterocycles. The molecular weight excluding hydrogens is 326 g/mol. The molecule has 0 aromatic carbocycles. The maximum atomic E-state index is 12.0. The van der Waals surface area contributed by atoms with Crippen molar-refractivity contribution in [3.8, 4) is 22.9 Å². The zero-order valence-electron chi connectivity index (χ0n) is 12.6. The van der Waals surface area contributed by atoms with Gasteiger partial charge in [-0.2, -0.15) is 0 Å². The smallest absolute Gasteiger partial charge is 0.253 e. The Morgan fingerprint density at radius 3 is 3.04 bits per heavy atom. The summed E-state index contributed by atoms with van der Waals surface area (Å²) in [5.74, 6) is 2.01. The largest absolute Gasteiger partial charge is 0.472 e. The number of thiazole rings is 1. The number of amides is 1. The van der Waals surface area contributed by atoms with E-state index in [1.807, 2.05) is 11.4 Å². The summed E-state index contributed by atoms with van der Waals surface area (Å²) in [6.07, 6.45) is 9.82. The van der Waals surface area contributed by atoms with E-state index in [1.54, 1.807) is 12.5 Å². The van der Waals surface area contributed by atoms with Gasteiger partial charge in [-0.25, -0.2) is 4.98 Å². The molecule has 3 aromatic rings. The molecule has 0 bridgehead atoms. The summed E-state index contributed by atoms with van der Waals surface area (Å²) in [6.45, 7) is 0.418. The normalized spacial score (nSPS) is 10.3. The molecule has 1 amide bonds. The van der Waals surface area contributed by atoms with Gasteiger partial charge < -0.3 is 14.3 Å². The lowest BCUT2D eigenvalue weighted by atomic mass is 10.2. The van der Waals surface area contributed by atoms with Crippen LogP contribution < -0.4 is 10.9 Å². The van der Waals surface area contributed by atoms with Crippen molar-refractivity contribution in [3.05, 3.63) is 63.9 Å². The van der Waals surface area contributed by atoms with Crippen LogP contribution in [0.15, 0.2) is 51.5 Å². The van der Waals surface area contributed by atoms with Gasteiger partial charge in [-0.05, 0) is 12.1 Å². The third kappa shape index (κ3) is 3.45. The molecule has 0 fully saturated rings. The third-order valence-corrected chi connectivity index (χ3v) is 4.19. The van der Waals surface area contributed by atoms with Crippen LogP contribution in [-0.2, 0) is 6.54 Å². The van der Waals surface area contributed by atoms with Crippen LogP contribution in [0.5, 0.6) is 0 Å². The number of furan rings is 1. The highest BCUT2D eigenvalue weighted by Crippen LogP contribution is 2.24. The maximum absolute atomic E-state index is 12.0. The van der Waals surface area contributed by atoms with E-state index in [0.717, 1.165) is 16.3 Å². The Labute approximate surface area is 141 Å². The van der Waals surface area contributed by atoms with E-state index < -0.39 is 0 Å². The van der Waals surface area contributed by atoms with Gasteiger partial charge >= 0.3 is 0 Å². The van der Waals surface area contributed by atoms with Crippen LogP contribution in [0.25, 0.3) is 10.6 Å². The Kier molecular flexibility index (Phi) is 4.59. The number of pyridine rings is 1. The van der Waals surface area contributed by atoms with Crippen molar-refractivity contribution in [2.45, 2.75) is 6.54 Å². The van der Waals surface area contributed by atoms with Gasteiger partial charge in [-0.15, -0.1) is 17.8 Å². The minimum Gasteiger partial charge on any atom is -0.472 e. The monoisotopic (exact) mass is 339 g/mol. The second kappa shape index (κ2) is 6.98. The first-order valence-electron chi connectivity index (χ1n) is 7.06. The second-order valence-corrected chi connectivity index (χ2v) is 5.78. The summed E-state index contributed by atoms with van der Waals surface area (Å²) in [4.78, 5) is 28.4. The molecule has 120 valence electrons. The van der Waals surface area contributed by atoms with Crippen molar-refractivity contribution in [2.24, 2.45) is 0 Å². The van der Waals surface area contributed by atoms with E-state index in [2.05, 4.69) is 16.2 Å². The predicted octanol–water partition coefficient (Wildman–Crippen LogP) is 1.98. The first-order chi connectivity index (χ1) is 11.7. The molecule has 7 heteroatoms. The molecule has 3 rings (SSSR count). The fraction of sp³-hybridized carbons (Fsp3) is 0.118. The maximum Gasteiger partial charge on any atom is 0.253 e. The summed E-state index contributed by atoms with van der Waals surface area (Å²) >= 11 is 1.47. The van der Waals surface area contributed by atoms with Crippen molar-refractivity contribution in [1.29, 1.82) is 0 Å². The predicted molar refractivity (Wildman–Crippen MR) is 90.8 cm³/mol. The summed E-state index contributed by atoms with van der Waals surface area (Å²) in [6, 6.07) is 4.65. The topological polar surface area (TPSA) is 77.1 Å². The summed E-state index contributed by atoms with van der Waals surface area (Å²) in [5.41, 5.74) is 1.79. The number of carbonyl (C=O) groups excluding carboxylic acids is 1. The van der Waals surface area contributed by atoms with Gasteiger partial charge in [-0.1, -0.05) is 5.92 Å². The van der Waals surface area contributed by atoms with Crippen molar-refractivity contribution in [3.63, 3.8) is 0 Å². The molecule has 0 unspecified atom stereocenters. The van der Waals surface area contributed by atoms with E-state index in [1.165, 1.54) is 34.2 Å². The Bertz CT molecular complexity index is 948. The SMILES string of the molecule is C#CCNC(=O)c1ccc(=O)n(Cc2csc(-c3ccoc3)n2)c1. The first-order valence-corrected chi connectivity index (χ1v) is 7.94. The third-order valence-electron chi connectivity index (χ3n) is 3.25. The molecular formula is C17H13N3O3S. The van der Waals surface area contributed by atoms with Gasteiger partial charge in [0.15, 0.2) is 0 Å². The molecule has 0 spiro atoms. The Hall–Kier alpha value is -3.11. The fourth-order valence-electron chi connectivity index (χ4n) is 2.10. The van der Waals surface area contributed by atoms with Crippen molar-refractivity contribution in [1.82, 2.24) is 14.9 Å². The zero-order chi connectivity index (χ0) is 16.9. The standard InChI is InChI=1S/C17H13N3O3S/c1-2-6-18-16(22)12-3-4-15(21)20(8-12)9-14-11-24-17(19-14)13-5-7-23-10-13/h1,3-5,7-8,10-11H,6,9H2,(H,18,22). The molecule has 0 saturated carbocycles. The Morgan fingerprint density at radius 2 is 2.29 bits per heavy atom. The average Bonchev–Trinajstić information content (AvgIpc) is 3.25. The van der Waals surface area contributed by atoms with E-state index >= 15 is 0 Å². The lowest BCUT2D eigenvalue weighted by Gasteiger charge is -2.06. The van der Waals surface area contributed by atoms with Gasteiger partial charge in [-0.3, -0.25) is 9.59 Å². The molecule has 0 aliphatic carbocycles. The molecule has 6 nitrogen and oxygen atoms in total. The van der Waals surface area contributed by atoms with Gasteiger partial charge in [0, 0.05) is 23.2 Å². The molecule has 1 N–H and O–H groups in total. The van der Waals surface area contributed by atoms with Crippen LogP contribution in [-0.4, -0.2) is 22.0 Å². The molecule has 0 saturated heterocycles. The van der Waals surface area contributed by atoms with E-state index in [-0.39, 0.29) is 24.6 Å². The summed E-state index contributed by atoms with van der Waals surface area (Å²) in [7, 11) is 0. The quantitative estimate of drug-likeness (QED) is 0.721. The van der Waals surface area contributed by atoms with Crippen molar-refractivity contribution >= 4 is 17.2 Å². The van der Waals surface area contributed by atoms with Crippen molar-refractivity contribution in [2.75, 3.05) is 6.54 Å². The molecule has 0 radical (unpaired) electrons. The lowest BCUT2D eigenvalue weighted by molar-refractivity contribution is 0.0958. The highest BCUT2D eigenvalue weighted by atomic mass is 32.1. The Morgan fingerprint density at radius 1 is 1.42 bits per heavy atom. The average molecular weight is 339 g/mol. The molecule has 3 aromatic heterocycles. The zero-order valence-corrected chi connectivity index (χ0v) is 13.4. The van der Waals surface area contributed by atoms with Gasteiger partial charge in [0.1, 0.15) is 11.3 Å². The van der Waals surface area contributed by atoms with Gasteiger partial charge in [0.2, 0.25) is 0 Å². The number of nitrogens with one attached hydrogen (secondary N) is 1. The van der Waals surface area contributed by atoms with Crippen LogP contribution in [0.2, 0.25) is 0 Å². The number of nitrogens with zero attached hydrogens (tertiary/aromatic N) is 2. The minimum absolute atomic E-state index is 0.137. The first kappa shape index (κ1) is 15.8. The number of rotatable bonds is 5. The van der Waals surface area contributed by atoms with Gasteiger partial charge in [0.05, 0.1) is 30.6 Å².